The number of hydrogen-bond acceptors (Lipinski definition) is 3. The van der Waals surface area contributed by atoms with Gasteiger partial charge in [0.05, 0.1) is 0 Å². The fourth-order valence-electron chi connectivity index (χ4n) is 2.47. The first-order valence-electron chi connectivity index (χ1n) is 8.00. The second-order valence-electron chi connectivity index (χ2n) is 6.05. The Morgan fingerprint density at radius 2 is 2.00 bits per heavy atom. The smallest absolute Gasteiger partial charge is 0.134 e. The van der Waals surface area contributed by atoms with Crippen molar-refractivity contribution in [3.8, 4) is 0 Å². The van der Waals surface area contributed by atoms with Crippen molar-refractivity contribution in [3.63, 3.8) is 0 Å². The SMILES string of the molecule is CCCCc1oc2ccccc2c1CNCC(C)N(C)C. The number of nitrogens with zero attached hydrogens (tertiary/aromatic N) is 1. The van der Waals surface area contributed by atoms with Crippen molar-refractivity contribution in [2.45, 2.75) is 45.7 Å². The van der Waals surface area contributed by atoms with Crippen LogP contribution in [-0.4, -0.2) is 31.6 Å². The molecule has 3 nitrogen and oxygen atoms in total. The van der Waals surface area contributed by atoms with Crippen molar-refractivity contribution >= 4 is 11.0 Å². The molecule has 1 aromatic heterocycles. The standard InChI is InChI=1S/C18H28N2O/c1-5-6-10-18-16(13-19-12-14(2)20(3)4)15-9-7-8-11-17(15)21-18/h7-9,11,14,19H,5-6,10,12-13H2,1-4H3. The molecule has 2 rings (SSSR count). The molecule has 0 bridgehead atoms. The maximum Gasteiger partial charge on any atom is 0.134 e. The largest absolute Gasteiger partial charge is 0.461 e. The Balaban J connectivity index is 2.12. The van der Waals surface area contributed by atoms with Crippen molar-refractivity contribution in [3.05, 3.63) is 35.6 Å². The zero-order valence-corrected chi connectivity index (χ0v) is 13.8. The van der Waals surface area contributed by atoms with E-state index in [1.807, 2.05) is 6.07 Å². The average molecular weight is 288 g/mol. The lowest BCUT2D eigenvalue weighted by molar-refractivity contribution is 0.302. The number of nitrogens with one attached hydrogen (secondary N) is 1. The Bertz CT molecular complexity index is 559. The number of likely N-dealkylation sites (N-methyl/N-ethyl adjacent to an activating group) is 1. The first kappa shape index (κ1) is 16.1. The van der Waals surface area contributed by atoms with E-state index in [0.717, 1.165) is 30.9 Å². The van der Waals surface area contributed by atoms with Crippen LogP contribution in [0.5, 0.6) is 0 Å². The Labute approximate surface area is 128 Å². The van der Waals surface area contributed by atoms with Crippen molar-refractivity contribution in [1.82, 2.24) is 10.2 Å². The van der Waals surface area contributed by atoms with E-state index in [2.05, 4.69) is 56.4 Å². The van der Waals surface area contributed by atoms with Gasteiger partial charge in [-0.05, 0) is 33.5 Å². The lowest BCUT2D eigenvalue weighted by Crippen LogP contribution is -2.35. The Kier molecular flexibility index (Phi) is 5.83. The molecule has 21 heavy (non-hydrogen) atoms. The van der Waals surface area contributed by atoms with Gasteiger partial charge < -0.3 is 14.6 Å². The molecular weight excluding hydrogens is 260 g/mol. The minimum Gasteiger partial charge on any atom is -0.461 e. The molecule has 1 aromatic carbocycles. The van der Waals surface area contributed by atoms with Crippen LogP contribution in [-0.2, 0) is 13.0 Å². The molecular formula is C18H28N2O. The van der Waals surface area contributed by atoms with E-state index in [1.54, 1.807) is 0 Å². The number of unbranched alkanes of at least 4 members (excludes halogenated alkanes) is 1. The van der Waals surface area contributed by atoms with Crippen LogP contribution in [0.25, 0.3) is 11.0 Å². The first-order chi connectivity index (χ1) is 10.1. The molecule has 0 saturated heterocycles. The van der Waals surface area contributed by atoms with Crippen LogP contribution in [0, 0.1) is 0 Å². The van der Waals surface area contributed by atoms with Crippen molar-refractivity contribution in [2.24, 2.45) is 0 Å². The van der Waals surface area contributed by atoms with E-state index in [9.17, 15) is 0 Å². The minimum absolute atomic E-state index is 0.530. The lowest BCUT2D eigenvalue weighted by atomic mass is 10.1. The highest BCUT2D eigenvalue weighted by Crippen LogP contribution is 2.27. The molecule has 1 N–H and O–H groups in total. The van der Waals surface area contributed by atoms with Crippen LogP contribution in [0.1, 0.15) is 38.0 Å². The highest BCUT2D eigenvalue weighted by Gasteiger charge is 2.13. The Hall–Kier alpha value is -1.32. The van der Waals surface area contributed by atoms with Crippen molar-refractivity contribution in [2.75, 3.05) is 20.6 Å². The summed E-state index contributed by atoms with van der Waals surface area (Å²) in [7, 11) is 4.23. The summed E-state index contributed by atoms with van der Waals surface area (Å²) in [5, 5.41) is 4.83. The zero-order valence-electron chi connectivity index (χ0n) is 13.8. The van der Waals surface area contributed by atoms with Gasteiger partial charge in [-0.1, -0.05) is 31.5 Å². The van der Waals surface area contributed by atoms with Crippen LogP contribution in [0.15, 0.2) is 28.7 Å². The summed E-state index contributed by atoms with van der Waals surface area (Å²) in [6.45, 7) is 6.33. The molecule has 0 amide bonds. The quantitative estimate of drug-likeness (QED) is 0.800. The molecule has 2 aromatic rings. The van der Waals surface area contributed by atoms with Crippen LogP contribution in [0.3, 0.4) is 0 Å². The summed E-state index contributed by atoms with van der Waals surface area (Å²) < 4.78 is 6.06. The van der Waals surface area contributed by atoms with Gasteiger partial charge in [0.15, 0.2) is 0 Å². The maximum absolute atomic E-state index is 6.06. The molecule has 0 aliphatic rings. The van der Waals surface area contributed by atoms with Crippen LogP contribution in [0.4, 0.5) is 0 Å². The van der Waals surface area contributed by atoms with Crippen LogP contribution >= 0.6 is 0 Å². The number of benzene rings is 1. The molecule has 0 spiro atoms. The lowest BCUT2D eigenvalue weighted by Gasteiger charge is -2.20. The molecule has 116 valence electrons. The molecule has 0 fully saturated rings. The van der Waals surface area contributed by atoms with E-state index in [4.69, 9.17) is 4.42 Å². The molecule has 0 aliphatic heterocycles. The third-order valence-electron chi connectivity index (χ3n) is 4.16. The van der Waals surface area contributed by atoms with Gasteiger partial charge in [-0.25, -0.2) is 0 Å². The van der Waals surface area contributed by atoms with Gasteiger partial charge in [0.2, 0.25) is 0 Å². The predicted molar refractivity (Wildman–Crippen MR) is 89.7 cm³/mol. The average Bonchev–Trinajstić information content (AvgIpc) is 2.83. The summed E-state index contributed by atoms with van der Waals surface area (Å²) in [5.74, 6) is 1.16. The Morgan fingerprint density at radius 3 is 2.71 bits per heavy atom. The van der Waals surface area contributed by atoms with Gasteiger partial charge in [0, 0.05) is 36.5 Å². The van der Waals surface area contributed by atoms with Gasteiger partial charge in [-0.3, -0.25) is 0 Å². The highest BCUT2D eigenvalue weighted by atomic mass is 16.3. The van der Waals surface area contributed by atoms with E-state index in [-0.39, 0.29) is 0 Å². The molecule has 0 radical (unpaired) electrons. The van der Waals surface area contributed by atoms with Crippen molar-refractivity contribution < 1.29 is 4.42 Å². The predicted octanol–water partition coefficient (Wildman–Crippen LogP) is 3.82. The summed E-state index contributed by atoms with van der Waals surface area (Å²) >= 11 is 0. The molecule has 3 heteroatoms. The first-order valence-corrected chi connectivity index (χ1v) is 8.00. The normalized spacial score (nSPS) is 13.2. The second kappa shape index (κ2) is 7.62. The van der Waals surface area contributed by atoms with Gasteiger partial charge in [-0.2, -0.15) is 0 Å². The van der Waals surface area contributed by atoms with E-state index >= 15 is 0 Å². The minimum atomic E-state index is 0.530. The highest BCUT2D eigenvalue weighted by molar-refractivity contribution is 5.82. The van der Waals surface area contributed by atoms with E-state index in [0.29, 0.717) is 6.04 Å². The fraction of sp³-hybridized carbons (Fsp3) is 0.556. The van der Waals surface area contributed by atoms with Gasteiger partial charge in [0.1, 0.15) is 11.3 Å². The van der Waals surface area contributed by atoms with E-state index in [1.165, 1.54) is 23.8 Å². The van der Waals surface area contributed by atoms with Gasteiger partial charge in [-0.15, -0.1) is 0 Å². The number of fused-ring (bicyclic) bond motifs is 1. The zero-order chi connectivity index (χ0) is 15.2. The monoisotopic (exact) mass is 288 g/mol. The van der Waals surface area contributed by atoms with Crippen LogP contribution < -0.4 is 5.32 Å². The topological polar surface area (TPSA) is 28.4 Å². The van der Waals surface area contributed by atoms with Gasteiger partial charge in [0.25, 0.3) is 0 Å². The summed E-state index contributed by atoms with van der Waals surface area (Å²) in [5.41, 5.74) is 2.35. The third kappa shape index (κ3) is 4.08. The molecule has 1 unspecified atom stereocenters. The number of rotatable bonds is 8. The summed E-state index contributed by atoms with van der Waals surface area (Å²) in [6.07, 6.45) is 3.41. The second-order valence-corrected chi connectivity index (χ2v) is 6.05. The van der Waals surface area contributed by atoms with Crippen molar-refractivity contribution in [1.29, 1.82) is 0 Å². The Morgan fingerprint density at radius 1 is 1.24 bits per heavy atom. The molecule has 1 heterocycles. The molecule has 1 atom stereocenters. The molecule has 0 aliphatic carbocycles. The number of furan rings is 1. The summed E-state index contributed by atoms with van der Waals surface area (Å²) in [4.78, 5) is 2.23. The number of hydrogen-bond donors (Lipinski definition) is 1. The third-order valence-corrected chi connectivity index (χ3v) is 4.16. The number of para-hydroxylation sites is 1. The fourth-order valence-corrected chi connectivity index (χ4v) is 2.47. The number of aryl methyl sites for hydroxylation is 1. The van der Waals surface area contributed by atoms with Crippen LogP contribution in [0.2, 0.25) is 0 Å². The van der Waals surface area contributed by atoms with E-state index < -0.39 is 0 Å². The maximum atomic E-state index is 6.06. The van der Waals surface area contributed by atoms with Gasteiger partial charge >= 0.3 is 0 Å². The summed E-state index contributed by atoms with van der Waals surface area (Å²) in [6, 6.07) is 8.90. The molecule has 0 saturated carbocycles.